The van der Waals surface area contributed by atoms with Crippen LogP contribution in [0.1, 0.15) is 0 Å². The molecule has 1 aromatic rings. The Bertz CT molecular complexity index is 207. The van der Waals surface area contributed by atoms with Gasteiger partial charge in [-0.25, -0.2) is 0 Å². The molecule has 54 valence electrons. The molecule has 0 heterocycles. The summed E-state index contributed by atoms with van der Waals surface area (Å²) >= 11 is 14.9. The molecule has 0 fully saturated rings. The molecule has 0 aromatic heterocycles. The summed E-state index contributed by atoms with van der Waals surface area (Å²) in [6.45, 7) is 0. The van der Waals surface area contributed by atoms with Crippen molar-refractivity contribution < 1.29 is 0 Å². The van der Waals surface area contributed by atoms with E-state index in [1.807, 2.05) is 30.3 Å². The second kappa shape index (κ2) is 3.40. The van der Waals surface area contributed by atoms with Gasteiger partial charge in [0.25, 0.3) is 0 Å². The molecule has 10 heavy (non-hydrogen) atoms. The Morgan fingerprint density at radius 3 is 1.90 bits per heavy atom. The van der Waals surface area contributed by atoms with Crippen molar-refractivity contribution >= 4 is 47.9 Å². The first kappa shape index (κ1) is 8.80. The van der Waals surface area contributed by atoms with Gasteiger partial charge in [0.1, 0.15) is 27.8 Å². The first-order valence-electron chi connectivity index (χ1n) is 2.64. The number of rotatable bonds is 1. The minimum atomic E-state index is -2.01. The first-order chi connectivity index (χ1) is 4.61. The molecular weight excluding hydrogens is 254 g/mol. The molecule has 1 aromatic carbocycles. The van der Waals surface area contributed by atoms with Crippen molar-refractivity contribution in [2.45, 2.75) is 0 Å². The molecule has 0 saturated carbocycles. The number of hydrogen-bond donors (Lipinski definition) is 0. The molecule has 0 saturated heterocycles. The van der Waals surface area contributed by atoms with Crippen LogP contribution in [0.2, 0.25) is 0 Å². The Hall–Kier alpha value is 0.710. The third-order valence-corrected chi connectivity index (χ3v) is 4.33. The fourth-order valence-electron chi connectivity index (χ4n) is 0.597. The SMILES string of the molecule is Cl[P+](Cl)(Br)c1ccccc1. The second-order valence-electron chi connectivity index (χ2n) is 1.78. The van der Waals surface area contributed by atoms with Gasteiger partial charge in [-0.2, -0.15) is 0 Å². The van der Waals surface area contributed by atoms with Gasteiger partial charge in [0.05, 0.1) is 0 Å². The Kier molecular flexibility index (Phi) is 3.00. The van der Waals surface area contributed by atoms with Gasteiger partial charge in [0.15, 0.2) is 15.5 Å². The van der Waals surface area contributed by atoms with Crippen molar-refractivity contribution in [1.82, 2.24) is 0 Å². The zero-order valence-corrected chi connectivity index (χ0v) is 8.96. The van der Waals surface area contributed by atoms with Crippen LogP contribution in [0.15, 0.2) is 30.3 Å². The van der Waals surface area contributed by atoms with E-state index in [0.29, 0.717) is 0 Å². The van der Waals surface area contributed by atoms with Gasteiger partial charge in [-0.05, 0) is 12.1 Å². The van der Waals surface area contributed by atoms with E-state index in [0.717, 1.165) is 5.30 Å². The Balaban J connectivity index is 2.97. The van der Waals surface area contributed by atoms with Crippen molar-refractivity contribution in [3.05, 3.63) is 30.3 Å². The summed E-state index contributed by atoms with van der Waals surface area (Å²) in [5.74, 6) is 0. The Labute approximate surface area is 78.2 Å². The van der Waals surface area contributed by atoms with Gasteiger partial charge in [-0.3, -0.25) is 0 Å². The van der Waals surface area contributed by atoms with Gasteiger partial charge in [0, 0.05) is 0 Å². The normalized spacial score (nSPS) is 11.5. The number of halogens is 3. The molecule has 0 nitrogen and oxygen atoms in total. The molecule has 0 aliphatic carbocycles. The van der Waals surface area contributed by atoms with Gasteiger partial charge in [-0.15, -0.1) is 0 Å². The quantitative estimate of drug-likeness (QED) is 0.670. The second-order valence-corrected chi connectivity index (χ2v) is 12.4. The molecule has 0 spiro atoms. The smallest absolute Gasteiger partial charge is 0.0620 e. The van der Waals surface area contributed by atoms with Crippen molar-refractivity contribution in [2.24, 2.45) is 0 Å². The summed E-state index contributed by atoms with van der Waals surface area (Å²) in [4.78, 5) is 0. The van der Waals surface area contributed by atoms with Crippen molar-refractivity contribution in [3.63, 3.8) is 0 Å². The van der Waals surface area contributed by atoms with Crippen LogP contribution in [0, 0.1) is 0 Å². The molecule has 0 amide bonds. The maximum atomic E-state index is 5.85. The summed E-state index contributed by atoms with van der Waals surface area (Å²) in [7, 11) is 0. The molecule has 0 radical (unpaired) electrons. The summed E-state index contributed by atoms with van der Waals surface area (Å²) < 4.78 is -2.01. The highest BCUT2D eigenvalue weighted by Crippen LogP contribution is 2.74. The van der Waals surface area contributed by atoms with Gasteiger partial charge in [0.2, 0.25) is 0 Å². The summed E-state index contributed by atoms with van der Waals surface area (Å²) in [5.41, 5.74) is 0. The van der Waals surface area contributed by atoms with Gasteiger partial charge >= 0.3 is 4.67 Å². The van der Waals surface area contributed by atoms with E-state index in [4.69, 9.17) is 22.5 Å². The molecule has 0 aliphatic rings. The predicted molar refractivity (Wildman–Crippen MR) is 53.6 cm³/mol. The lowest BCUT2D eigenvalue weighted by Crippen LogP contribution is -1.94. The topological polar surface area (TPSA) is 0 Å². The van der Waals surface area contributed by atoms with Crippen LogP contribution in [0.3, 0.4) is 0 Å². The van der Waals surface area contributed by atoms with Crippen LogP contribution in [-0.4, -0.2) is 0 Å². The monoisotopic (exact) mass is 257 g/mol. The largest absolute Gasteiger partial charge is 0.310 e. The lowest BCUT2D eigenvalue weighted by molar-refractivity contribution is 1.78. The van der Waals surface area contributed by atoms with Crippen LogP contribution in [0.4, 0.5) is 0 Å². The van der Waals surface area contributed by atoms with Crippen molar-refractivity contribution in [3.8, 4) is 0 Å². The van der Waals surface area contributed by atoms with E-state index in [2.05, 4.69) is 15.5 Å². The van der Waals surface area contributed by atoms with Crippen LogP contribution in [-0.2, 0) is 0 Å². The average Bonchev–Trinajstić information content (AvgIpc) is 1.88. The van der Waals surface area contributed by atoms with Crippen LogP contribution < -0.4 is 5.30 Å². The number of hydrogen-bond acceptors (Lipinski definition) is 0. The molecule has 0 N–H and O–H groups in total. The van der Waals surface area contributed by atoms with E-state index >= 15 is 0 Å². The maximum Gasteiger partial charge on any atom is 0.310 e. The van der Waals surface area contributed by atoms with E-state index < -0.39 is 4.67 Å². The van der Waals surface area contributed by atoms with Gasteiger partial charge in [-0.1, -0.05) is 18.2 Å². The van der Waals surface area contributed by atoms with Crippen molar-refractivity contribution in [1.29, 1.82) is 0 Å². The third kappa shape index (κ3) is 2.39. The minimum absolute atomic E-state index is 0.957. The molecule has 0 bridgehead atoms. The van der Waals surface area contributed by atoms with Gasteiger partial charge < -0.3 is 0 Å². The highest BCUT2D eigenvalue weighted by molar-refractivity contribution is 9.48. The molecule has 0 unspecified atom stereocenters. The van der Waals surface area contributed by atoms with Crippen LogP contribution in [0.25, 0.3) is 0 Å². The van der Waals surface area contributed by atoms with E-state index in [1.54, 1.807) is 0 Å². The van der Waals surface area contributed by atoms with Crippen LogP contribution >= 0.6 is 42.6 Å². The number of benzene rings is 1. The Morgan fingerprint density at radius 1 is 1.10 bits per heavy atom. The fraction of sp³-hybridized carbons (Fsp3) is 0. The molecule has 0 aliphatic heterocycles. The summed E-state index contributed by atoms with van der Waals surface area (Å²) in [5, 5.41) is 0.957. The fourth-order valence-corrected chi connectivity index (χ4v) is 2.49. The molecular formula is C6H5BrCl2P+. The van der Waals surface area contributed by atoms with E-state index in [-0.39, 0.29) is 0 Å². The molecule has 1 rings (SSSR count). The minimum Gasteiger partial charge on any atom is -0.0620 e. The van der Waals surface area contributed by atoms with E-state index in [1.165, 1.54) is 0 Å². The summed E-state index contributed by atoms with van der Waals surface area (Å²) in [6.07, 6.45) is 0. The first-order valence-corrected chi connectivity index (χ1v) is 8.26. The standard InChI is InChI=1S/C6H5BrCl2P/c7-10(8,9)6-4-2-1-3-5-6/h1-5H/q+1. The third-order valence-electron chi connectivity index (χ3n) is 1.05. The molecule has 4 heteroatoms. The highest BCUT2D eigenvalue weighted by atomic mass is 79.9. The Morgan fingerprint density at radius 2 is 1.60 bits per heavy atom. The predicted octanol–water partition coefficient (Wildman–Crippen LogP) is 3.95. The lowest BCUT2D eigenvalue weighted by Gasteiger charge is -1.97. The summed E-state index contributed by atoms with van der Waals surface area (Å²) in [6, 6.07) is 9.57. The zero-order chi connectivity index (χ0) is 7.61. The average molecular weight is 259 g/mol. The highest BCUT2D eigenvalue weighted by Gasteiger charge is 2.34. The maximum absolute atomic E-state index is 5.85. The van der Waals surface area contributed by atoms with Crippen molar-refractivity contribution in [2.75, 3.05) is 0 Å². The lowest BCUT2D eigenvalue weighted by atomic mass is 10.4. The zero-order valence-electron chi connectivity index (χ0n) is 4.97. The van der Waals surface area contributed by atoms with Crippen LogP contribution in [0.5, 0.6) is 0 Å². The molecule has 0 atom stereocenters. The van der Waals surface area contributed by atoms with E-state index in [9.17, 15) is 0 Å².